The highest BCUT2D eigenvalue weighted by molar-refractivity contribution is 7.89. The molecule has 0 radical (unpaired) electrons. The molecular weight excluding hydrogens is 456 g/mol. The number of rotatable bonds is 8. The van der Waals surface area contributed by atoms with Crippen molar-refractivity contribution in [2.75, 3.05) is 28.4 Å². The van der Waals surface area contributed by atoms with Gasteiger partial charge >= 0.3 is 0 Å². The van der Waals surface area contributed by atoms with Gasteiger partial charge in [0.05, 0.1) is 45.1 Å². The van der Waals surface area contributed by atoms with Crippen molar-refractivity contribution in [2.24, 2.45) is 0 Å². The lowest BCUT2D eigenvalue weighted by Gasteiger charge is -2.26. The highest BCUT2D eigenvalue weighted by Gasteiger charge is 2.38. The van der Waals surface area contributed by atoms with E-state index in [0.717, 1.165) is 5.56 Å². The van der Waals surface area contributed by atoms with Gasteiger partial charge in [-0.1, -0.05) is 18.2 Å². The maximum absolute atomic E-state index is 13.7. The molecule has 0 fully saturated rings. The number of nitrogens with one attached hydrogen (secondary N) is 1. The van der Waals surface area contributed by atoms with Crippen molar-refractivity contribution < 1.29 is 27.4 Å². The summed E-state index contributed by atoms with van der Waals surface area (Å²) < 4.78 is 50.3. The molecule has 1 atom stereocenters. The van der Waals surface area contributed by atoms with Crippen LogP contribution in [0, 0.1) is 0 Å². The molecule has 0 aromatic heterocycles. The van der Waals surface area contributed by atoms with Crippen LogP contribution in [0.25, 0.3) is 5.70 Å². The van der Waals surface area contributed by atoms with Gasteiger partial charge in [0.25, 0.3) is 10.0 Å². The van der Waals surface area contributed by atoms with Crippen molar-refractivity contribution in [1.82, 2.24) is 9.84 Å². The zero-order chi connectivity index (χ0) is 24.3. The molecule has 0 amide bonds. The third-order valence-corrected chi connectivity index (χ3v) is 7.26. The standard InChI is InChI=1S/C25H26N2O6S/c1-30-18-11-13-23(31-2)20(15-18)22-16-21(17-10-12-24(32-3)25(14-17)33-4)26-27(22)34(28,29)19-8-6-5-7-9-19/h5-16,22,26H,1-4H3/t22-/m1/s1. The summed E-state index contributed by atoms with van der Waals surface area (Å²) in [7, 11) is 2.28. The fraction of sp³-hybridized carbons (Fsp3) is 0.200. The summed E-state index contributed by atoms with van der Waals surface area (Å²) in [6, 6.07) is 18.2. The largest absolute Gasteiger partial charge is 0.497 e. The molecule has 0 spiro atoms. The van der Waals surface area contributed by atoms with Gasteiger partial charge in [-0.3, -0.25) is 0 Å². The zero-order valence-electron chi connectivity index (χ0n) is 19.3. The normalized spacial score (nSPS) is 15.9. The topological polar surface area (TPSA) is 86.3 Å². The lowest BCUT2D eigenvalue weighted by atomic mass is 10.0. The lowest BCUT2D eigenvalue weighted by Crippen LogP contribution is -2.39. The van der Waals surface area contributed by atoms with Gasteiger partial charge in [-0.25, -0.2) is 8.42 Å². The molecule has 1 N–H and O–H groups in total. The van der Waals surface area contributed by atoms with E-state index < -0.39 is 16.1 Å². The van der Waals surface area contributed by atoms with E-state index in [9.17, 15) is 8.42 Å². The first kappa shape index (κ1) is 23.5. The molecule has 1 aliphatic rings. The second kappa shape index (κ2) is 9.66. The summed E-state index contributed by atoms with van der Waals surface area (Å²) in [4.78, 5) is 0.163. The average Bonchev–Trinajstić information content (AvgIpc) is 3.34. The summed E-state index contributed by atoms with van der Waals surface area (Å²) in [5.74, 6) is 2.22. The molecule has 9 heteroatoms. The predicted octanol–water partition coefficient (Wildman–Crippen LogP) is 4.01. The van der Waals surface area contributed by atoms with E-state index >= 15 is 0 Å². The van der Waals surface area contributed by atoms with Crippen molar-refractivity contribution in [3.8, 4) is 23.0 Å². The van der Waals surface area contributed by atoms with Gasteiger partial charge in [-0.05, 0) is 54.6 Å². The second-order valence-electron chi connectivity index (χ2n) is 7.43. The molecule has 0 saturated heterocycles. The Morgan fingerprint density at radius 1 is 0.765 bits per heavy atom. The molecule has 8 nitrogen and oxygen atoms in total. The van der Waals surface area contributed by atoms with Crippen LogP contribution in [0.5, 0.6) is 23.0 Å². The van der Waals surface area contributed by atoms with E-state index in [0.29, 0.717) is 34.3 Å². The molecule has 1 aliphatic heterocycles. The van der Waals surface area contributed by atoms with E-state index in [1.165, 1.54) is 4.41 Å². The van der Waals surface area contributed by atoms with Gasteiger partial charge in [-0.2, -0.15) is 0 Å². The van der Waals surface area contributed by atoms with Gasteiger partial charge < -0.3 is 24.4 Å². The van der Waals surface area contributed by atoms with Crippen LogP contribution in [0.2, 0.25) is 0 Å². The molecule has 3 aromatic carbocycles. The summed E-state index contributed by atoms with van der Waals surface area (Å²) in [6.45, 7) is 0. The number of sulfonamides is 1. The third-order valence-electron chi connectivity index (χ3n) is 5.56. The third kappa shape index (κ3) is 4.27. The smallest absolute Gasteiger partial charge is 0.260 e. The molecular formula is C25H26N2O6S. The van der Waals surface area contributed by atoms with Gasteiger partial charge in [0.2, 0.25) is 0 Å². The van der Waals surface area contributed by atoms with Gasteiger partial charge in [0.15, 0.2) is 11.5 Å². The van der Waals surface area contributed by atoms with Crippen molar-refractivity contribution in [1.29, 1.82) is 0 Å². The van der Waals surface area contributed by atoms with E-state index in [1.807, 2.05) is 12.1 Å². The van der Waals surface area contributed by atoms with E-state index in [2.05, 4.69) is 5.43 Å². The van der Waals surface area contributed by atoms with Crippen LogP contribution in [-0.2, 0) is 10.0 Å². The summed E-state index contributed by atoms with van der Waals surface area (Å²) >= 11 is 0. The van der Waals surface area contributed by atoms with Crippen LogP contribution in [0.15, 0.2) is 77.7 Å². The number of hydrogen-bond donors (Lipinski definition) is 1. The monoisotopic (exact) mass is 482 g/mol. The van der Waals surface area contributed by atoms with E-state index in [1.54, 1.807) is 89.1 Å². The fourth-order valence-corrected chi connectivity index (χ4v) is 5.24. The van der Waals surface area contributed by atoms with Crippen molar-refractivity contribution >= 4 is 15.7 Å². The van der Waals surface area contributed by atoms with E-state index in [4.69, 9.17) is 18.9 Å². The Morgan fingerprint density at radius 3 is 2.09 bits per heavy atom. The van der Waals surface area contributed by atoms with Crippen LogP contribution in [0.4, 0.5) is 0 Å². The number of hydrogen-bond acceptors (Lipinski definition) is 7. The Kier molecular flexibility index (Phi) is 6.67. The maximum Gasteiger partial charge on any atom is 0.260 e. The fourth-order valence-electron chi connectivity index (χ4n) is 3.82. The van der Waals surface area contributed by atoms with Crippen LogP contribution >= 0.6 is 0 Å². The first-order valence-corrected chi connectivity index (χ1v) is 11.9. The molecule has 178 valence electrons. The average molecular weight is 483 g/mol. The molecule has 0 bridgehead atoms. The summed E-state index contributed by atoms with van der Waals surface area (Å²) in [6.07, 6.45) is 1.83. The molecule has 0 unspecified atom stereocenters. The highest BCUT2D eigenvalue weighted by atomic mass is 32.2. The van der Waals surface area contributed by atoms with Crippen LogP contribution in [-0.4, -0.2) is 41.3 Å². The van der Waals surface area contributed by atoms with Crippen molar-refractivity contribution in [3.05, 3.63) is 83.9 Å². The number of ether oxygens (including phenoxy) is 4. The minimum Gasteiger partial charge on any atom is -0.497 e. The Balaban J connectivity index is 1.86. The maximum atomic E-state index is 13.7. The minimum absolute atomic E-state index is 0.163. The Hall–Kier alpha value is -3.69. The van der Waals surface area contributed by atoms with Crippen LogP contribution in [0.3, 0.4) is 0 Å². The van der Waals surface area contributed by atoms with Crippen LogP contribution < -0.4 is 24.4 Å². The number of nitrogens with zero attached hydrogens (tertiary/aromatic N) is 1. The summed E-state index contributed by atoms with van der Waals surface area (Å²) in [5.41, 5.74) is 5.04. The SMILES string of the molecule is COc1ccc(OC)c([C@H]2C=C(c3ccc(OC)c(OC)c3)NN2S(=O)(=O)c2ccccc2)c1. The van der Waals surface area contributed by atoms with Crippen LogP contribution in [0.1, 0.15) is 17.2 Å². The zero-order valence-corrected chi connectivity index (χ0v) is 20.1. The Bertz CT molecular complexity index is 1310. The summed E-state index contributed by atoms with van der Waals surface area (Å²) in [5, 5.41) is 0. The molecule has 34 heavy (non-hydrogen) atoms. The van der Waals surface area contributed by atoms with Gasteiger partial charge in [0.1, 0.15) is 11.5 Å². The first-order chi connectivity index (χ1) is 16.4. The number of benzene rings is 3. The number of methoxy groups -OCH3 is 4. The molecule has 1 heterocycles. The molecule has 3 aromatic rings. The highest BCUT2D eigenvalue weighted by Crippen LogP contribution is 2.41. The molecule has 0 saturated carbocycles. The lowest BCUT2D eigenvalue weighted by molar-refractivity contribution is 0.332. The second-order valence-corrected chi connectivity index (χ2v) is 9.24. The first-order valence-electron chi connectivity index (χ1n) is 10.4. The minimum atomic E-state index is -3.93. The molecule has 4 rings (SSSR count). The van der Waals surface area contributed by atoms with Gasteiger partial charge in [0, 0.05) is 11.1 Å². The Labute approximate surface area is 199 Å². The number of hydrazine groups is 1. The molecule has 0 aliphatic carbocycles. The quantitative estimate of drug-likeness (QED) is 0.519. The van der Waals surface area contributed by atoms with Crippen molar-refractivity contribution in [3.63, 3.8) is 0 Å². The van der Waals surface area contributed by atoms with Gasteiger partial charge in [-0.15, -0.1) is 4.41 Å². The Morgan fingerprint density at radius 2 is 1.44 bits per heavy atom. The van der Waals surface area contributed by atoms with E-state index in [-0.39, 0.29) is 4.90 Å². The van der Waals surface area contributed by atoms with Crippen molar-refractivity contribution in [2.45, 2.75) is 10.9 Å². The predicted molar refractivity (Wildman–Crippen MR) is 128 cm³/mol.